The fraction of sp³-hybridized carbons (Fsp3) is 0.238. The Labute approximate surface area is 167 Å². The standard InChI is InChI=1S/C21H21NO5S/c1-3-26-21(24)20-19(16-6-4-5-7-17(16)27-20)22-18(23)12-13-28-15-10-8-14(25-2)9-11-15/h4-11H,3,12-13H2,1-2H3,(H,22,23). The lowest BCUT2D eigenvalue weighted by molar-refractivity contribution is -0.115. The number of rotatable bonds is 8. The van der Waals surface area contributed by atoms with Crippen molar-refractivity contribution in [1.82, 2.24) is 0 Å². The van der Waals surface area contributed by atoms with E-state index < -0.39 is 5.97 Å². The lowest BCUT2D eigenvalue weighted by atomic mass is 10.2. The number of hydrogen-bond donors (Lipinski definition) is 1. The topological polar surface area (TPSA) is 77.8 Å². The smallest absolute Gasteiger partial charge is 0.376 e. The van der Waals surface area contributed by atoms with Gasteiger partial charge in [-0.15, -0.1) is 11.8 Å². The number of benzene rings is 2. The summed E-state index contributed by atoms with van der Waals surface area (Å²) in [6.45, 7) is 1.94. The molecular formula is C21H21NO5S. The molecule has 6 nitrogen and oxygen atoms in total. The van der Waals surface area contributed by atoms with E-state index in [9.17, 15) is 9.59 Å². The average molecular weight is 399 g/mol. The summed E-state index contributed by atoms with van der Waals surface area (Å²) in [7, 11) is 1.62. The number of para-hydroxylation sites is 1. The van der Waals surface area contributed by atoms with Gasteiger partial charge in [-0.1, -0.05) is 12.1 Å². The zero-order valence-corrected chi connectivity index (χ0v) is 16.5. The molecular weight excluding hydrogens is 378 g/mol. The number of methoxy groups -OCH3 is 1. The van der Waals surface area contributed by atoms with Crippen molar-refractivity contribution in [3.8, 4) is 5.75 Å². The first-order valence-electron chi connectivity index (χ1n) is 8.87. The number of furan rings is 1. The van der Waals surface area contributed by atoms with Crippen LogP contribution in [0.15, 0.2) is 57.8 Å². The van der Waals surface area contributed by atoms with Gasteiger partial charge in [0.1, 0.15) is 17.0 Å². The minimum atomic E-state index is -0.596. The maximum atomic E-state index is 12.4. The summed E-state index contributed by atoms with van der Waals surface area (Å²) in [5, 5.41) is 3.48. The highest BCUT2D eigenvalue weighted by Gasteiger charge is 2.23. The molecule has 0 aliphatic carbocycles. The first-order chi connectivity index (χ1) is 13.6. The van der Waals surface area contributed by atoms with Crippen LogP contribution in [0.4, 0.5) is 5.69 Å². The fourth-order valence-electron chi connectivity index (χ4n) is 2.65. The zero-order valence-electron chi connectivity index (χ0n) is 15.7. The quantitative estimate of drug-likeness (QED) is 0.435. The van der Waals surface area contributed by atoms with Crippen LogP contribution in [0.2, 0.25) is 0 Å². The second-order valence-corrected chi connectivity index (χ2v) is 7.01. The highest BCUT2D eigenvalue weighted by Crippen LogP contribution is 2.31. The number of ether oxygens (including phenoxy) is 2. The van der Waals surface area contributed by atoms with Crippen molar-refractivity contribution < 1.29 is 23.5 Å². The van der Waals surface area contributed by atoms with E-state index in [1.54, 1.807) is 44.0 Å². The number of esters is 1. The summed E-state index contributed by atoms with van der Waals surface area (Å²) in [6, 6.07) is 14.8. The number of hydrogen-bond acceptors (Lipinski definition) is 6. The van der Waals surface area contributed by atoms with E-state index >= 15 is 0 Å². The zero-order chi connectivity index (χ0) is 19.9. The molecule has 7 heteroatoms. The predicted octanol–water partition coefficient (Wildman–Crippen LogP) is 4.74. The molecule has 146 valence electrons. The average Bonchev–Trinajstić information content (AvgIpc) is 3.07. The molecule has 0 fully saturated rings. The highest BCUT2D eigenvalue weighted by molar-refractivity contribution is 7.99. The van der Waals surface area contributed by atoms with Gasteiger partial charge < -0.3 is 19.2 Å². The molecule has 3 rings (SSSR count). The number of amides is 1. The van der Waals surface area contributed by atoms with Crippen LogP contribution in [-0.4, -0.2) is 31.3 Å². The lowest BCUT2D eigenvalue weighted by Gasteiger charge is -2.06. The van der Waals surface area contributed by atoms with Crippen LogP contribution in [0.1, 0.15) is 23.9 Å². The summed E-state index contributed by atoms with van der Waals surface area (Å²) < 4.78 is 15.8. The van der Waals surface area contributed by atoms with Crippen LogP contribution in [0.25, 0.3) is 11.0 Å². The molecule has 0 unspecified atom stereocenters. The highest BCUT2D eigenvalue weighted by atomic mass is 32.2. The van der Waals surface area contributed by atoms with Crippen molar-refractivity contribution in [2.24, 2.45) is 0 Å². The van der Waals surface area contributed by atoms with Crippen LogP contribution < -0.4 is 10.1 Å². The molecule has 0 bridgehead atoms. The van der Waals surface area contributed by atoms with E-state index in [0.717, 1.165) is 10.6 Å². The minimum Gasteiger partial charge on any atom is -0.497 e. The van der Waals surface area contributed by atoms with Gasteiger partial charge in [0.25, 0.3) is 0 Å². The maximum Gasteiger partial charge on any atom is 0.376 e. The second-order valence-electron chi connectivity index (χ2n) is 5.84. The van der Waals surface area contributed by atoms with Crippen LogP contribution in [0.3, 0.4) is 0 Å². The summed E-state index contributed by atoms with van der Waals surface area (Å²) in [5.74, 6) is 0.613. The molecule has 2 aromatic carbocycles. The summed E-state index contributed by atoms with van der Waals surface area (Å²) in [4.78, 5) is 25.7. The van der Waals surface area contributed by atoms with Crippen molar-refractivity contribution in [3.05, 3.63) is 54.3 Å². The molecule has 3 aromatic rings. The molecule has 1 N–H and O–H groups in total. The van der Waals surface area contributed by atoms with Gasteiger partial charge in [0.05, 0.1) is 13.7 Å². The molecule has 0 atom stereocenters. The van der Waals surface area contributed by atoms with Gasteiger partial charge >= 0.3 is 5.97 Å². The predicted molar refractivity (Wildman–Crippen MR) is 109 cm³/mol. The van der Waals surface area contributed by atoms with Crippen LogP contribution in [0, 0.1) is 0 Å². The van der Waals surface area contributed by atoms with E-state index in [-0.39, 0.29) is 18.3 Å². The van der Waals surface area contributed by atoms with Crippen molar-refractivity contribution in [1.29, 1.82) is 0 Å². The molecule has 28 heavy (non-hydrogen) atoms. The largest absolute Gasteiger partial charge is 0.497 e. The fourth-order valence-corrected chi connectivity index (χ4v) is 3.50. The van der Waals surface area contributed by atoms with Gasteiger partial charge in [0.2, 0.25) is 11.7 Å². The summed E-state index contributed by atoms with van der Waals surface area (Å²) in [6.07, 6.45) is 0.290. The van der Waals surface area contributed by atoms with E-state index in [2.05, 4.69) is 5.32 Å². The lowest BCUT2D eigenvalue weighted by Crippen LogP contribution is -2.15. The first-order valence-corrected chi connectivity index (χ1v) is 9.86. The number of anilines is 1. The molecule has 1 heterocycles. The maximum absolute atomic E-state index is 12.4. The van der Waals surface area contributed by atoms with Crippen LogP contribution in [0.5, 0.6) is 5.75 Å². The molecule has 0 radical (unpaired) electrons. The third kappa shape index (κ3) is 4.67. The van der Waals surface area contributed by atoms with Crippen molar-refractivity contribution in [2.45, 2.75) is 18.2 Å². The van der Waals surface area contributed by atoms with Crippen LogP contribution in [-0.2, 0) is 9.53 Å². The Morgan fingerprint density at radius 1 is 1.11 bits per heavy atom. The Kier molecular flexibility index (Phi) is 6.60. The Hall–Kier alpha value is -2.93. The van der Waals surface area contributed by atoms with Gasteiger partial charge in [0.15, 0.2) is 0 Å². The summed E-state index contributed by atoms with van der Waals surface area (Å²) in [5.41, 5.74) is 0.877. The van der Waals surface area contributed by atoms with Crippen molar-refractivity contribution >= 4 is 40.3 Å². The normalized spacial score (nSPS) is 10.6. The van der Waals surface area contributed by atoms with Gasteiger partial charge in [-0.05, 0) is 43.3 Å². The third-order valence-electron chi connectivity index (χ3n) is 3.98. The van der Waals surface area contributed by atoms with Gasteiger partial charge in [-0.25, -0.2) is 4.79 Å². The van der Waals surface area contributed by atoms with Crippen molar-refractivity contribution in [2.75, 3.05) is 24.8 Å². The molecule has 1 aromatic heterocycles. The van der Waals surface area contributed by atoms with Crippen molar-refractivity contribution in [3.63, 3.8) is 0 Å². The molecule has 1 amide bonds. The van der Waals surface area contributed by atoms with E-state index in [1.165, 1.54) is 0 Å². The van der Waals surface area contributed by atoms with E-state index in [4.69, 9.17) is 13.9 Å². The molecule has 0 saturated carbocycles. The van der Waals surface area contributed by atoms with Gasteiger partial charge in [-0.3, -0.25) is 4.79 Å². The Balaban J connectivity index is 1.66. The molecule has 0 aliphatic rings. The van der Waals surface area contributed by atoms with Gasteiger partial charge in [-0.2, -0.15) is 0 Å². The Bertz CT molecular complexity index is 965. The first kappa shape index (κ1) is 19.8. The van der Waals surface area contributed by atoms with Gasteiger partial charge in [0, 0.05) is 22.5 Å². The second kappa shape index (κ2) is 9.32. The Morgan fingerprint density at radius 2 is 1.86 bits per heavy atom. The number of nitrogens with one attached hydrogen (secondary N) is 1. The monoisotopic (exact) mass is 399 g/mol. The number of thioether (sulfide) groups is 1. The molecule has 0 spiro atoms. The van der Waals surface area contributed by atoms with E-state index in [0.29, 0.717) is 28.8 Å². The minimum absolute atomic E-state index is 0.0132. The Morgan fingerprint density at radius 3 is 2.57 bits per heavy atom. The third-order valence-corrected chi connectivity index (χ3v) is 4.99. The molecule has 0 aliphatic heterocycles. The van der Waals surface area contributed by atoms with Crippen LogP contribution >= 0.6 is 11.8 Å². The number of carbonyl (C=O) groups is 2. The number of fused-ring (bicyclic) bond motifs is 1. The number of carbonyl (C=O) groups excluding carboxylic acids is 2. The molecule has 0 saturated heterocycles. The summed E-state index contributed by atoms with van der Waals surface area (Å²) >= 11 is 1.57. The van der Waals surface area contributed by atoms with E-state index in [1.807, 2.05) is 30.3 Å². The SMILES string of the molecule is CCOC(=O)c1oc2ccccc2c1NC(=O)CCSc1ccc(OC)cc1.